The van der Waals surface area contributed by atoms with Crippen molar-refractivity contribution in [2.24, 2.45) is 11.8 Å². The molecule has 1 unspecified atom stereocenters. The van der Waals surface area contributed by atoms with Gasteiger partial charge in [0, 0.05) is 49.1 Å². The minimum absolute atomic E-state index is 0.0624. The highest BCUT2D eigenvalue weighted by Crippen LogP contribution is 2.33. The second kappa shape index (κ2) is 11.1. The number of ether oxygens (including phenoxy) is 2. The van der Waals surface area contributed by atoms with E-state index in [1.807, 2.05) is 24.3 Å². The van der Waals surface area contributed by atoms with Crippen LogP contribution in [0.15, 0.2) is 24.3 Å². The third kappa shape index (κ3) is 6.05. The van der Waals surface area contributed by atoms with Crippen molar-refractivity contribution in [3.8, 4) is 5.75 Å². The number of aliphatic hydroxyl groups is 2. The number of aromatic amines is 1. The van der Waals surface area contributed by atoms with Crippen molar-refractivity contribution in [3.63, 3.8) is 0 Å². The summed E-state index contributed by atoms with van der Waals surface area (Å²) in [4.78, 5) is 18.6. The number of nitrogens with one attached hydrogen (secondary N) is 2. The zero-order chi connectivity index (χ0) is 25.1. The van der Waals surface area contributed by atoms with Crippen LogP contribution in [-0.4, -0.2) is 83.2 Å². The van der Waals surface area contributed by atoms with Crippen molar-refractivity contribution in [1.82, 2.24) is 15.2 Å². The number of piperidine rings is 1. The first-order chi connectivity index (χ1) is 17.4. The summed E-state index contributed by atoms with van der Waals surface area (Å²) < 4.78 is 11.5. The number of H-pyrrole nitrogens is 1. The number of nitrogens with zero attached hydrogens (tertiary/aromatic N) is 1. The molecule has 8 nitrogen and oxygen atoms in total. The Morgan fingerprint density at radius 2 is 2.11 bits per heavy atom. The zero-order valence-corrected chi connectivity index (χ0v) is 21.4. The number of hydrogen-bond donors (Lipinski definition) is 4. The number of carbonyl (C=O) groups is 1. The minimum Gasteiger partial charge on any atom is -0.493 e. The number of hydrogen-bond acceptors (Lipinski definition) is 6. The SMILES string of the molecule is C[C@H]1CN(CCC2(O)CCC(NC(=O)c3cc4c(OCC5CCOC5)cccc4[nH]3)CC2)CC[C@@H]1O. The molecule has 0 spiro atoms. The summed E-state index contributed by atoms with van der Waals surface area (Å²) in [7, 11) is 0. The summed E-state index contributed by atoms with van der Waals surface area (Å²) in [5.41, 5.74) is 0.753. The minimum atomic E-state index is -0.668. The summed E-state index contributed by atoms with van der Waals surface area (Å²) in [6, 6.07) is 7.79. The second-order valence-corrected chi connectivity index (χ2v) is 11.3. The van der Waals surface area contributed by atoms with Crippen molar-refractivity contribution in [2.75, 3.05) is 39.5 Å². The highest BCUT2D eigenvalue weighted by atomic mass is 16.5. The van der Waals surface area contributed by atoms with Gasteiger partial charge in [-0.25, -0.2) is 0 Å². The van der Waals surface area contributed by atoms with E-state index in [1.54, 1.807) is 0 Å². The van der Waals surface area contributed by atoms with E-state index in [0.717, 1.165) is 81.6 Å². The molecular formula is C28H41N3O5. The number of rotatable bonds is 8. The van der Waals surface area contributed by atoms with E-state index < -0.39 is 5.60 Å². The molecule has 2 saturated heterocycles. The molecule has 2 aliphatic heterocycles. The van der Waals surface area contributed by atoms with Crippen LogP contribution >= 0.6 is 0 Å². The van der Waals surface area contributed by atoms with Gasteiger partial charge < -0.3 is 34.9 Å². The summed E-state index contributed by atoms with van der Waals surface area (Å²) >= 11 is 0. The van der Waals surface area contributed by atoms with Gasteiger partial charge in [-0.05, 0) is 69.1 Å². The van der Waals surface area contributed by atoms with E-state index >= 15 is 0 Å². The lowest BCUT2D eigenvalue weighted by Crippen LogP contribution is -2.47. The van der Waals surface area contributed by atoms with Gasteiger partial charge in [-0.15, -0.1) is 0 Å². The van der Waals surface area contributed by atoms with Crippen LogP contribution < -0.4 is 10.1 Å². The normalized spacial score (nSPS) is 31.5. The first kappa shape index (κ1) is 25.5. The Balaban J connectivity index is 1.11. The summed E-state index contributed by atoms with van der Waals surface area (Å²) in [5, 5.41) is 25.2. The van der Waals surface area contributed by atoms with Crippen LogP contribution in [0, 0.1) is 11.8 Å². The molecule has 3 atom stereocenters. The van der Waals surface area contributed by atoms with Gasteiger partial charge in [0.15, 0.2) is 0 Å². The monoisotopic (exact) mass is 499 g/mol. The molecule has 1 aromatic carbocycles. The van der Waals surface area contributed by atoms with Crippen molar-refractivity contribution in [3.05, 3.63) is 30.0 Å². The fourth-order valence-corrected chi connectivity index (χ4v) is 5.90. The van der Waals surface area contributed by atoms with Crippen LogP contribution in [0.4, 0.5) is 0 Å². The lowest BCUT2D eigenvalue weighted by Gasteiger charge is -2.39. The zero-order valence-electron chi connectivity index (χ0n) is 21.4. The molecule has 4 N–H and O–H groups in total. The van der Waals surface area contributed by atoms with E-state index in [9.17, 15) is 15.0 Å². The molecule has 198 valence electrons. The van der Waals surface area contributed by atoms with Crippen molar-refractivity contribution in [1.29, 1.82) is 0 Å². The fraction of sp³-hybridized carbons (Fsp3) is 0.679. The maximum absolute atomic E-state index is 13.0. The first-order valence-electron chi connectivity index (χ1n) is 13.6. The molecule has 1 aliphatic carbocycles. The highest BCUT2D eigenvalue weighted by molar-refractivity contribution is 5.99. The number of aliphatic hydroxyl groups excluding tert-OH is 1. The number of amides is 1. The maximum atomic E-state index is 13.0. The summed E-state index contributed by atoms with van der Waals surface area (Å²) in [6.45, 7) is 6.90. The average Bonchev–Trinajstić information content (AvgIpc) is 3.55. The first-order valence-corrected chi connectivity index (χ1v) is 13.6. The second-order valence-electron chi connectivity index (χ2n) is 11.3. The average molecular weight is 500 g/mol. The molecule has 1 aromatic heterocycles. The van der Waals surface area contributed by atoms with Crippen LogP contribution in [0.2, 0.25) is 0 Å². The quantitative estimate of drug-likeness (QED) is 0.445. The summed E-state index contributed by atoms with van der Waals surface area (Å²) in [5.74, 6) is 1.38. The van der Waals surface area contributed by atoms with Crippen molar-refractivity contribution >= 4 is 16.8 Å². The molecule has 1 saturated carbocycles. The van der Waals surface area contributed by atoms with Crippen molar-refractivity contribution < 1.29 is 24.5 Å². The predicted octanol–water partition coefficient (Wildman–Crippen LogP) is 3.08. The van der Waals surface area contributed by atoms with Crippen LogP contribution in [0.5, 0.6) is 5.75 Å². The van der Waals surface area contributed by atoms with E-state index in [1.165, 1.54) is 0 Å². The van der Waals surface area contributed by atoms with E-state index in [-0.39, 0.29) is 24.0 Å². The molecule has 3 fully saturated rings. The van der Waals surface area contributed by atoms with Gasteiger partial charge >= 0.3 is 0 Å². The molecule has 0 bridgehead atoms. The number of benzene rings is 1. The Hall–Kier alpha value is -2.13. The van der Waals surface area contributed by atoms with Gasteiger partial charge in [-0.3, -0.25) is 4.79 Å². The van der Waals surface area contributed by atoms with E-state index in [4.69, 9.17) is 9.47 Å². The number of aromatic nitrogens is 1. The van der Waals surface area contributed by atoms with Gasteiger partial charge in [-0.2, -0.15) is 0 Å². The Bertz CT molecular complexity index is 1030. The predicted molar refractivity (Wildman–Crippen MR) is 138 cm³/mol. The van der Waals surface area contributed by atoms with Gasteiger partial charge in [0.25, 0.3) is 5.91 Å². The Morgan fingerprint density at radius 1 is 1.28 bits per heavy atom. The van der Waals surface area contributed by atoms with Gasteiger partial charge in [0.2, 0.25) is 0 Å². The molecule has 3 heterocycles. The van der Waals surface area contributed by atoms with Crippen molar-refractivity contribution in [2.45, 2.75) is 69.6 Å². The van der Waals surface area contributed by atoms with E-state index in [2.05, 4.69) is 22.1 Å². The molecule has 1 amide bonds. The van der Waals surface area contributed by atoms with Crippen LogP contribution in [-0.2, 0) is 4.74 Å². The molecule has 8 heteroatoms. The topological polar surface area (TPSA) is 107 Å². The molecule has 5 rings (SSSR count). The third-order valence-electron chi connectivity index (χ3n) is 8.46. The smallest absolute Gasteiger partial charge is 0.267 e. The fourth-order valence-electron chi connectivity index (χ4n) is 5.90. The number of fused-ring (bicyclic) bond motifs is 1. The number of carbonyl (C=O) groups excluding carboxylic acids is 1. The molecule has 2 aromatic rings. The van der Waals surface area contributed by atoms with Crippen LogP contribution in [0.3, 0.4) is 0 Å². The third-order valence-corrected chi connectivity index (χ3v) is 8.46. The molecule has 36 heavy (non-hydrogen) atoms. The standard InChI is InChI=1S/C28H41N3O5/c1-19-16-31(12-7-25(19)32)13-11-28(34)9-5-21(6-10-28)29-27(33)24-15-22-23(30-24)3-2-4-26(22)36-18-20-8-14-35-17-20/h2-4,15,19-21,25,30,32,34H,5-14,16-18H2,1H3,(H,29,33)/t19-,20?,21?,25-,28?/m0/s1. The number of likely N-dealkylation sites (tertiary alicyclic amines) is 1. The largest absolute Gasteiger partial charge is 0.493 e. The maximum Gasteiger partial charge on any atom is 0.267 e. The van der Waals surface area contributed by atoms with Gasteiger partial charge in [0.05, 0.1) is 24.9 Å². The van der Waals surface area contributed by atoms with Crippen LogP contribution in [0.1, 0.15) is 62.4 Å². The Kier molecular flexibility index (Phi) is 7.86. The molecule has 0 radical (unpaired) electrons. The lowest BCUT2D eigenvalue weighted by atomic mass is 9.80. The van der Waals surface area contributed by atoms with Crippen LogP contribution in [0.25, 0.3) is 10.9 Å². The lowest BCUT2D eigenvalue weighted by molar-refractivity contribution is -0.0272. The molecular weight excluding hydrogens is 458 g/mol. The van der Waals surface area contributed by atoms with E-state index in [0.29, 0.717) is 31.1 Å². The highest BCUT2D eigenvalue weighted by Gasteiger charge is 2.35. The Morgan fingerprint density at radius 3 is 2.86 bits per heavy atom. The Labute approximate surface area is 213 Å². The summed E-state index contributed by atoms with van der Waals surface area (Å²) in [6.07, 6.45) is 5.31. The van der Waals surface area contributed by atoms with Gasteiger partial charge in [0.1, 0.15) is 11.4 Å². The molecule has 3 aliphatic rings. The van der Waals surface area contributed by atoms with Gasteiger partial charge in [-0.1, -0.05) is 13.0 Å².